The summed E-state index contributed by atoms with van der Waals surface area (Å²) in [5.74, 6) is -0.451. The molecule has 1 aromatic rings. The van der Waals surface area contributed by atoms with Gasteiger partial charge in [0, 0.05) is 16.8 Å². The van der Waals surface area contributed by atoms with E-state index in [0.29, 0.717) is 23.4 Å². The van der Waals surface area contributed by atoms with Gasteiger partial charge in [-0.05, 0) is 38.0 Å². The Hall–Kier alpha value is -1.59. The van der Waals surface area contributed by atoms with Crippen LogP contribution in [0.3, 0.4) is 0 Å². The fourth-order valence-electron chi connectivity index (χ4n) is 2.08. The van der Waals surface area contributed by atoms with E-state index in [0.717, 1.165) is 12.8 Å². The molecule has 1 N–H and O–H groups in total. The monoisotopic (exact) mass is 310 g/mol. The van der Waals surface area contributed by atoms with Gasteiger partial charge in [0.25, 0.3) is 0 Å². The molecule has 1 fully saturated rings. The van der Waals surface area contributed by atoms with Crippen LogP contribution in [-0.2, 0) is 14.3 Å². The third kappa shape index (κ3) is 5.36. The number of amides is 1. The third-order valence-corrected chi connectivity index (χ3v) is 3.39. The number of ether oxygens (including phenoxy) is 1. The van der Waals surface area contributed by atoms with E-state index < -0.39 is 0 Å². The number of hydrogen-bond donors (Lipinski definition) is 1. The maximum Gasteiger partial charge on any atom is 0.320 e. The number of carbonyl (C=O) groups is 2. The second kappa shape index (κ2) is 7.43. The van der Waals surface area contributed by atoms with Gasteiger partial charge in [0.2, 0.25) is 5.91 Å². The Kier molecular flexibility index (Phi) is 5.59. The zero-order chi connectivity index (χ0) is 15.2. The molecule has 1 amide bonds. The molecular formula is C15H19ClN2O3. The minimum Gasteiger partial charge on any atom is -0.465 e. The van der Waals surface area contributed by atoms with Crippen LogP contribution in [0.1, 0.15) is 19.8 Å². The van der Waals surface area contributed by atoms with E-state index in [2.05, 4.69) is 5.32 Å². The van der Waals surface area contributed by atoms with Gasteiger partial charge in [-0.2, -0.15) is 0 Å². The summed E-state index contributed by atoms with van der Waals surface area (Å²) in [7, 11) is 0. The number of carbonyl (C=O) groups excluding carboxylic acids is 2. The average Bonchev–Trinajstić information content (AvgIpc) is 3.22. The molecule has 21 heavy (non-hydrogen) atoms. The first kappa shape index (κ1) is 15.8. The lowest BCUT2D eigenvalue weighted by molar-refractivity contribution is -0.144. The van der Waals surface area contributed by atoms with Gasteiger partial charge in [0.15, 0.2) is 0 Å². The standard InChI is InChI=1S/C15H19ClN2O3/c1-2-21-15(20)10-18(13-6-7-13)9-14(19)17-12-5-3-4-11(16)8-12/h3-5,8,13H,2,6-7,9-10H2,1H3,(H,17,19). The highest BCUT2D eigenvalue weighted by molar-refractivity contribution is 6.30. The lowest BCUT2D eigenvalue weighted by Gasteiger charge is -2.20. The normalized spacial score (nSPS) is 14.0. The van der Waals surface area contributed by atoms with E-state index in [4.69, 9.17) is 16.3 Å². The van der Waals surface area contributed by atoms with Crippen molar-refractivity contribution < 1.29 is 14.3 Å². The molecule has 1 aromatic carbocycles. The topological polar surface area (TPSA) is 58.6 Å². The molecule has 1 aliphatic carbocycles. The number of nitrogens with zero attached hydrogens (tertiary/aromatic N) is 1. The Balaban J connectivity index is 1.88. The molecular weight excluding hydrogens is 292 g/mol. The summed E-state index contributed by atoms with van der Waals surface area (Å²) in [6.45, 7) is 2.45. The van der Waals surface area contributed by atoms with Crippen molar-refractivity contribution in [3.8, 4) is 0 Å². The second-order valence-corrected chi connectivity index (χ2v) is 5.44. The van der Waals surface area contributed by atoms with Gasteiger partial charge in [-0.15, -0.1) is 0 Å². The van der Waals surface area contributed by atoms with Gasteiger partial charge >= 0.3 is 5.97 Å². The fourth-order valence-corrected chi connectivity index (χ4v) is 2.27. The molecule has 0 saturated heterocycles. The highest BCUT2D eigenvalue weighted by atomic mass is 35.5. The van der Waals surface area contributed by atoms with Crippen LogP contribution in [0, 0.1) is 0 Å². The van der Waals surface area contributed by atoms with Crippen LogP contribution in [-0.4, -0.2) is 42.5 Å². The first-order valence-electron chi connectivity index (χ1n) is 7.03. The van der Waals surface area contributed by atoms with Crippen molar-refractivity contribution in [3.05, 3.63) is 29.3 Å². The smallest absolute Gasteiger partial charge is 0.320 e. The van der Waals surface area contributed by atoms with Crippen LogP contribution < -0.4 is 5.32 Å². The summed E-state index contributed by atoms with van der Waals surface area (Å²) in [5.41, 5.74) is 0.652. The predicted molar refractivity (Wildman–Crippen MR) is 81.3 cm³/mol. The minimum absolute atomic E-state index is 0.154. The van der Waals surface area contributed by atoms with Crippen molar-refractivity contribution in [2.24, 2.45) is 0 Å². The van der Waals surface area contributed by atoms with E-state index in [-0.39, 0.29) is 25.0 Å². The molecule has 0 aromatic heterocycles. The van der Waals surface area contributed by atoms with E-state index in [9.17, 15) is 9.59 Å². The average molecular weight is 311 g/mol. The summed E-state index contributed by atoms with van der Waals surface area (Å²) in [6, 6.07) is 7.28. The van der Waals surface area contributed by atoms with Gasteiger partial charge in [-0.25, -0.2) is 0 Å². The molecule has 0 unspecified atom stereocenters. The highest BCUT2D eigenvalue weighted by Gasteiger charge is 2.31. The summed E-state index contributed by atoms with van der Waals surface area (Å²) in [6.07, 6.45) is 2.04. The molecule has 0 aliphatic heterocycles. The van der Waals surface area contributed by atoms with Gasteiger partial charge in [-0.3, -0.25) is 14.5 Å². The lowest BCUT2D eigenvalue weighted by Crippen LogP contribution is -2.39. The second-order valence-electron chi connectivity index (χ2n) is 5.00. The molecule has 0 atom stereocenters. The lowest BCUT2D eigenvalue weighted by atomic mass is 10.3. The van der Waals surface area contributed by atoms with Crippen molar-refractivity contribution in [1.82, 2.24) is 4.90 Å². The summed E-state index contributed by atoms with van der Waals surface area (Å²) in [4.78, 5) is 25.5. The molecule has 1 aliphatic rings. The summed E-state index contributed by atoms with van der Waals surface area (Å²) >= 11 is 5.88. The number of rotatable bonds is 7. The van der Waals surface area contributed by atoms with Gasteiger partial charge in [0.05, 0.1) is 19.7 Å². The molecule has 0 spiro atoms. The molecule has 1 saturated carbocycles. The fraction of sp³-hybridized carbons (Fsp3) is 0.467. The van der Waals surface area contributed by atoms with E-state index in [1.165, 1.54) is 0 Å². The van der Waals surface area contributed by atoms with Crippen molar-refractivity contribution in [3.63, 3.8) is 0 Å². The third-order valence-electron chi connectivity index (χ3n) is 3.16. The SMILES string of the molecule is CCOC(=O)CN(CC(=O)Nc1cccc(Cl)c1)C1CC1. The van der Waals surface area contributed by atoms with Crippen LogP contribution in [0.15, 0.2) is 24.3 Å². The number of anilines is 1. The molecule has 0 bridgehead atoms. The van der Waals surface area contributed by atoms with Gasteiger partial charge < -0.3 is 10.1 Å². The molecule has 5 nitrogen and oxygen atoms in total. The maximum absolute atomic E-state index is 12.1. The van der Waals surface area contributed by atoms with E-state index >= 15 is 0 Å². The Morgan fingerprint density at radius 2 is 2.14 bits per heavy atom. The summed E-state index contributed by atoms with van der Waals surface area (Å²) in [5, 5.41) is 3.35. The van der Waals surface area contributed by atoms with Crippen LogP contribution in [0.4, 0.5) is 5.69 Å². The minimum atomic E-state index is -0.292. The van der Waals surface area contributed by atoms with Gasteiger partial charge in [0.1, 0.15) is 0 Å². The van der Waals surface area contributed by atoms with Crippen LogP contribution in [0.25, 0.3) is 0 Å². The molecule has 0 heterocycles. The van der Waals surface area contributed by atoms with E-state index in [1.54, 1.807) is 31.2 Å². The van der Waals surface area contributed by atoms with Crippen molar-refractivity contribution >= 4 is 29.2 Å². The number of hydrogen-bond acceptors (Lipinski definition) is 4. The van der Waals surface area contributed by atoms with Crippen LogP contribution in [0.5, 0.6) is 0 Å². The molecule has 6 heteroatoms. The highest BCUT2D eigenvalue weighted by Crippen LogP contribution is 2.26. The first-order valence-corrected chi connectivity index (χ1v) is 7.41. The Labute approximate surface area is 129 Å². The largest absolute Gasteiger partial charge is 0.465 e. The molecule has 0 radical (unpaired) electrons. The number of esters is 1. The number of halogens is 1. The number of benzene rings is 1. The van der Waals surface area contributed by atoms with Crippen molar-refractivity contribution in [2.75, 3.05) is 25.0 Å². The maximum atomic E-state index is 12.1. The van der Waals surface area contributed by atoms with Crippen molar-refractivity contribution in [2.45, 2.75) is 25.8 Å². The zero-order valence-corrected chi connectivity index (χ0v) is 12.7. The predicted octanol–water partition coefficient (Wildman–Crippen LogP) is 2.31. The van der Waals surface area contributed by atoms with Crippen LogP contribution >= 0.6 is 11.6 Å². The van der Waals surface area contributed by atoms with Crippen molar-refractivity contribution in [1.29, 1.82) is 0 Å². The quantitative estimate of drug-likeness (QED) is 0.785. The Morgan fingerprint density at radius 1 is 1.38 bits per heavy atom. The van der Waals surface area contributed by atoms with E-state index in [1.807, 2.05) is 4.90 Å². The molecule has 114 valence electrons. The zero-order valence-electron chi connectivity index (χ0n) is 12.0. The molecule has 2 rings (SSSR count). The summed E-state index contributed by atoms with van der Waals surface area (Å²) < 4.78 is 4.94. The number of nitrogens with one attached hydrogen (secondary N) is 1. The van der Waals surface area contributed by atoms with Gasteiger partial charge in [-0.1, -0.05) is 17.7 Å². The first-order chi connectivity index (χ1) is 10.1. The van der Waals surface area contributed by atoms with Crippen LogP contribution in [0.2, 0.25) is 5.02 Å². The Morgan fingerprint density at radius 3 is 2.76 bits per heavy atom. The Bertz CT molecular complexity index is 517.